The summed E-state index contributed by atoms with van der Waals surface area (Å²) in [6, 6.07) is 5.73. The number of hydrogen-bond acceptors (Lipinski definition) is 9. The van der Waals surface area contributed by atoms with E-state index in [1.807, 2.05) is 61.6 Å². The van der Waals surface area contributed by atoms with Gasteiger partial charge in [0.2, 0.25) is 0 Å². The number of anilines is 3. The number of amides is 1. The molecule has 0 bridgehead atoms. The van der Waals surface area contributed by atoms with Gasteiger partial charge < -0.3 is 44.1 Å². The summed E-state index contributed by atoms with van der Waals surface area (Å²) in [5.41, 5.74) is 5.72. The Morgan fingerprint density at radius 2 is 1.83 bits per heavy atom. The topological polar surface area (TPSA) is 114 Å². The van der Waals surface area contributed by atoms with Crippen molar-refractivity contribution < 1.29 is 18.7 Å². The van der Waals surface area contributed by atoms with Gasteiger partial charge in [-0.3, -0.25) is 5.41 Å². The highest BCUT2D eigenvalue weighted by molar-refractivity contribution is 6.10. The Bertz CT molecular complexity index is 1800. The van der Waals surface area contributed by atoms with E-state index in [2.05, 4.69) is 38.9 Å². The molecular formula is C39H54FN9O3. The molecule has 3 aromatic rings. The number of fused-ring (bicyclic) bond motifs is 2. The second-order valence-electron chi connectivity index (χ2n) is 14.7. The van der Waals surface area contributed by atoms with E-state index in [4.69, 9.17) is 9.47 Å². The van der Waals surface area contributed by atoms with Crippen LogP contribution in [0.25, 0.3) is 16.8 Å². The van der Waals surface area contributed by atoms with Crippen molar-refractivity contribution in [1.29, 1.82) is 5.41 Å². The van der Waals surface area contributed by atoms with Crippen LogP contribution < -0.4 is 25.3 Å². The number of imidazole rings is 1. The minimum absolute atomic E-state index is 0.281. The molecule has 280 valence electrons. The molecule has 2 fully saturated rings. The van der Waals surface area contributed by atoms with Gasteiger partial charge in [0, 0.05) is 126 Å². The van der Waals surface area contributed by atoms with Crippen LogP contribution in [0, 0.1) is 11.2 Å². The van der Waals surface area contributed by atoms with Crippen LogP contribution in [-0.2, 0) is 9.47 Å². The van der Waals surface area contributed by atoms with Crippen molar-refractivity contribution in [3.63, 3.8) is 0 Å². The van der Waals surface area contributed by atoms with Crippen LogP contribution >= 0.6 is 0 Å². The molecular weight excluding hydrogens is 661 g/mol. The molecule has 6 rings (SSSR count). The highest BCUT2D eigenvalue weighted by Gasteiger charge is 2.31. The van der Waals surface area contributed by atoms with Crippen molar-refractivity contribution >= 4 is 34.6 Å². The molecule has 0 unspecified atom stereocenters. The van der Waals surface area contributed by atoms with Crippen LogP contribution in [0.4, 0.5) is 26.2 Å². The maximum Gasteiger partial charge on any atom is 0.410 e. The Hall–Kier alpha value is -4.78. The largest absolute Gasteiger partial charge is 0.444 e. The van der Waals surface area contributed by atoms with E-state index in [9.17, 15) is 10.2 Å². The lowest BCUT2D eigenvalue weighted by Gasteiger charge is -2.39. The summed E-state index contributed by atoms with van der Waals surface area (Å²) in [7, 11) is 2.02. The van der Waals surface area contributed by atoms with E-state index in [1.165, 1.54) is 0 Å². The Labute approximate surface area is 306 Å². The Kier molecular flexibility index (Phi) is 11.3. The van der Waals surface area contributed by atoms with Gasteiger partial charge in [-0.05, 0) is 58.4 Å². The number of nitrogens with zero attached hydrogens (tertiary/aromatic N) is 6. The zero-order chi connectivity index (χ0) is 37.0. The molecule has 0 aliphatic carbocycles. The average molecular weight is 716 g/mol. The van der Waals surface area contributed by atoms with Crippen LogP contribution in [0.2, 0.25) is 0 Å². The van der Waals surface area contributed by atoms with Crippen molar-refractivity contribution in [3.8, 4) is 11.1 Å². The summed E-state index contributed by atoms with van der Waals surface area (Å²) in [6.07, 6.45) is 10.2. The molecule has 13 heteroatoms. The molecule has 3 aliphatic rings. The molecule has 1 aromatic carbocycles. The van der Waals surface area contributed by atoms with Crippen molar-refractivity contribution in [2.45, 2.75) is 65.0 Å². The molecule has 2 aromatic heterocycles. The molecule has 1 amide bonds. The van der Waals surface area contributed by atoms with Crippen LogP contribution in [-0.4, -0.2) is 104 Å². The van der Waals surface area contributed by atoms with Gasteiger partial charge in [0.05, 0.1) is 17.1 Å². The summed E-state index contributed by atoms with van der Waals surface area (Å²) in [4.78, 5) is 25.4. The molecule has 3 aliphatic heterocycles. The first-order valence-corrected chi connectivity index (χ1v) is 18.5. The molecule has 2 saturated heterocycles. The number of nitrogens with one attached hydrogen (secondary N) is 3. The number of piperazine rings is 1. The molecule has 3 N–H and O–H groups in total. The van der Waals surface area contributed by atoms with E-state index in [0.29, 0.717) is 81.4 Å². The normalized spacial score (nSPS) is 17.5. The zero-order valence-corrected chi connectivity index (χ0v) is 31.3. The van der Waals surface area contributed by atoms with Gasteiger partial charge in [-0.2, -0.15) is 0 Å². The number of carbonyl (C=O) groups is 1. The molecule has 12 nitrogen and oxygen atoms in total. The molecule has 0 atom stereocenters. The fourth-order valence-corrected chi connectivity index (χ4v) is 7.26. The van der Waals surface area contributed by atoms with Crippen LogP contribution in [0.3, 0.4) is 0 Å². The van der Waals surface area contributed by atoms with Gasteiger partial charge in [0.25, 0.3) is 0 Å². The molecule has 5 heterocycles. The van der Waals surface area contributed by atoms with Crippen molar-refractivity contribution in [2.24, 2.45) is 0 Å². The lowest BCUT2D eigenvalue weighted by molar-refractivity contribution is 0.0240. The molecule has 52 heavy (non-hydrogen) atoms. The number of benzene rings is 1. The Morgan fingerprint density at radius 3 is 2.52 bits per heavy atom. The summed E-state index contributed by atoms with van der Waals surface area (Å²) >= 11 is 0. The van der Waals surface area contributed by atoms with Gasteiger partial charge in [0.15, 0.2) is 0 Å². The number of amidine groups is 1. The summed E-state index contributed by atoms with van der Waals surface area (Å²) in [6.45, 7) is 17.0. The second-order valence-corrected chi connectivity index (χ2v) is 14.7. The third kappa shape index (κ3) is 8.14. The fourth-order valence-electron chi connectivity index (χ4n) is 7.26. The lowest BCUT2D eigenvalue weighted by atomic mass is 9.98. The molecule has 0 saturated carbocycles. The second kappa shape index (κ2) is 15.9. The van der Waals surface area contributed by atoms with Gasteiger partial charge in [-0.1, -0.05) is 13.5 Å². The highest BCUT2D eigenvalue weighted by Crippen LogP contribution is 2.42. The van der Waals surface area contributed by atoms with Crippen LogP contribution in [0.5, 0.6) is 0 Å². The third-order valence-electron chi connectivity index (χ3n) is 10.0. The van der Waals surface area contributed by atoms with Crippen molar-refractivity contribution in [3.05, 3.63) is 66.7 Å². The molecule has 0 spiro atoms. The minimum atomic E-state index is -0.569. The SMILES string of the molecule is C=CNCC/C(NC1CCOCC1)=C(\CC)C(=N)N1CCN(C)c2cc(-c3cc4nccn4cc3N3CCN(C(=O)OC(C)(C)C)CC3)c(F)cc21. The van der Waals surface area contributed by atoms with Crippen molar-refractivity contribution in [2.75, 3.05) is 80.8 Å². The number of pyridine rings is 1. The molecule has 0 radical (unpaired) electrons. The van der Waals surface area contributed by atoms with E-state index in [-0.39, 0.29) is 18.0 Å². The number of halogens is 1. The number of hydrogen-bond donors (Lipinski definition) is 3. The predicted molar refractivity (Wildman–Crippen MR) is 206 cm³/mol. The van der Waals surface area contributed by atoms with Gasteiger partial charge in [-0.15, -0.1) is 0 Å². The Morgan fingerprint density at radius 1 is 1.08 bits per heavy atom. The summed E-state index contributed by atoms with van der Waals surface area (Å²) in [5.74, 6) is 0.0219. The summed E-state index contributed by atoms with van der Waals surface area (Å²) in [5, 5.41) is 16.5. The smallest absolute Gasteiger partial charge is 0.410 e. The average Bonchev–Trinajstić information content (AvgIpc) is 3.59. The van der Waals surface area contributed by atoms with Gasteiger partial charge in [0.1, 0.15) is 22.9 Å². The number of likely N-dealkylation sites (N-methyl/N-ethyl adjacent to an activating group) is 1. The standard InChI is InChI=1S/C39H54FN9O3/c1-7-28(32(9-12-42-8-2)44-27-10-21-51-22-11-27)37(41)49-20-15-45(6)33-23-29(31(40)25-34(33)49)30-24-36-43-13-14-48(36)26-35(30)46-16-18-47(19-17-46)38(50)52-39(3,4)5/h8,13-14,23-27,41-42,44H,2,7,9-12,15-22H2,1,3-6H3/b32-28-,41-37?. The predicted octanol–water partition coefficient (Wildman–Crippen LogP) is 5.99. The van der Waals surface area contributed by atoms with E-state index < -0.39 is 5.60 Å². The van der Waals surface area contributed by atoms with Crippen molar-refractivity contribution in [1.82, 2.24) is 24.9 Å². The fraction of sp³-hybridized carbons (Fsp3) is 0.513. The zero-order valence-electron chi connectivity index (χ0n) is 31.3. The first-order valence-electron chi connectivity index (χ1n) is 18.5. The highest BCUT2D eigenvalue weighted by atomic mass is 19.1. The van der Waals surface area contributed by atoms with Gasteiger partial charge in [-0.25, -0.2) is 14.2 Å². The Balaban J connectivity index is 1.33. The minimum Gasteiger partial charge on any atom is -0.444 e. The van der Waals surface area contributed by atoms with E-state index >= 15 is 4.39 Å². The number of ether oxygens (including phenoxy) is 2. The van der Waals surface area contributed by atoms with Gasteiger partial charge >= 0.3 is 6.09 Å². The van der Waals surface area contributed by atoms with Crippen LogP contribution in [0.1, 0.15) is 53.4 Å². The quantitative estimate of drug-likeness (QED) is 0.133. The summed E-state index contributed by atoms with van der Waals surface area (Å²) < 4.78 is 29.9. The number of rotatable bonds is 10. The first-order chi connectivity index (χ1) is 25.0. The monoisotopic (exact) mass is 715 g/mol. The maximum absolute atomic E-state index is 16.7. The third-order valence-corrected chi connectivity index (χ3v) is 10.0. The van der Waals surface area contributed by atoms with E-state index in [1.54, 1.807) is 23.4 Å². The number of carbonyl (C=O) groups excluding carboxylic acids is 1. The number of aromatic nitrogens is 2. The van der Waals surface area contributed by atoms with Crippen LogP contribution in [0.15, 0.2) is 60.8 Å². The van der Waals surface area contributed by atoms with E-state index in [0.717, 1.165) is 54.3 Å². The maximum atomic E-state index is 16.7. The lowest BCUT2D eigenvalue weighted by Crippen LogP contribution is -2.50. The first kappa shape index (κ1) is 37.0.